The maximum Gasteiger partial charge on any atom is 0.400 e. The molecule has 0 saturated carbocycles. The summed E-state index contributed by atoms with van der Waals surface area (Å²) in [6, 6.07) is 5.33. The first-order chi connectivity index (χ1) is 13.8. The minimum Gasteiger partial charge on any atom is -0.487 e. The zero-order valence-electron chi connectivity index (χ0n) is 14.5. The van der Waals surface area contributed by atoms with Gasteiger partial charge in [0.2, 0.25) is 5.91 Å². The molecule has 1 heterocycles. The summed E-state index contributed by atoms with van der Waals surface area (Å²) in [5.41, 5.74) is 0.852. The number of benzene rings is 2. The summed E-state index contributed by atoms with van der Waals surface area (Å²) < 4.78 is 71.5. The van der Waals surface area contributed by atoms with Crippen LogP contribution < -0.4 is 10.5 Å². The van der Waals surface area contributed by atoms with Crippen molar-refractivity contribution in [2.75, 3.05) is 0 Å². The van der Waals surface area contributed by atoms with Crippen LogP contribution in [0.15, 0.2) is 34.8 Å². The number of hydrogen-bond acceptors (Lipinski definition) is 4. The Morgan fingerprint density at radius 3 is 2.43 bits per heavy atom. The summed E-state index contributed by atoms with van der Waals surface area (Å²) >= 11 is 3.24. The number of alkyl halides is 2. The van der Waals surface area contributed by atoms with Crippen LogP contribution in [0, 0.1) is 11.6 Å². The summed E-state index contributed by atoms with van der Waals surface area (Å²) in [5, 5.41) is 0.0136. The zero-order valence-corrected chi connectivity index (χ0v) is 17.8. The number of halogens is 5. The molecule has 2 aromatic carbocycles. The van der Waals surface area contributed by atoms with Gasteiger partial charge in [0.1, 0.15) is 17.2 Å². The molecule has 0 spiro atoms. The average Bonchev–Trinajstić information content (AvgIpc) is 2.99. The smallest absolute Gasteiger partial charge is 0.400 e. The highest BCUT2D eigenvalue weighted by Crippen LogP contribution is 2.63. The van der Waals surface area contributed by atoms with Crippen molar-refractivity contribution in [2.45, 2.75) is 12.3 Å². The van der Waals surface area contributed by atoms with Gasteiger partial charge in [0, 0.05) is 15.4 Å². The number of amides is 1. The average molecular weight is 528 g/mol. The molecule has 3 aromatic rings. The van der Waals surface area contributed by atoms with Gasteiger partial charge >= 0.3 is 13.3 Å². The molecule has 0 aliphatic carbocycles. The van der Waals surface area contributed by atoms with Gasteiger partial charge in [0.25, 0.3) is 0 Å². The Morgan fingerprint density at radius 1 is 1.20 bits per heavy atom. The standard InChI is InChI=1S/C17H11BrF4NO5PS/c18-13-9-4-8(16(23)24)5-12(28-6-7-1-2-10(19)11(20)3-7)14(9)30-15(13)17(21,22)29(25,26)27/h1-5H,6H2,(H2,23,24)(H2,25,26,27). The Kier molecular flexibility index (Phi) is 6.00. The maximum absolute atomic E-state index is 14.3. The van der Waals surface area contributed by atoms with Crippen LogP contribution in [-0.2, 0) is 16.8 Å². The summed E-state index contributed by atoms with van der Waals surface area (Å²) in [6.07, 6.45) is 0. The molecule has 3 rings (SSSR count). The predicted octanol–water partition coefficient (Wildman–Crippen LogP) is 4.85. The van der Waals surface area contributed by atoms with Crippen molar-refractivity contribution in [3.8, 4) is 5.75 Å². The van der Waals surface area contributed by atoms with Gasteiger partial charge in [-0.2, -0.15) is 8.78 Å². The van der Waals surface area contributed by atoms with Crippen LogP contribution in [0.25, 0.3) is 10.1 Å². The number of ether oxygens (including phenoxy) is 1. The van der Waals surface area contributed by atoms with E-state index in [1.165, 1.54) is 12.1 Å². The molecule has 0 bridgehead atoms. The van der Waals surface area contributed by atoms with Gasteiger partial charge in [-0.05, 0) is 45.8 Å². The third-order valence-electron chi connectivity index (χ3n) is 4.00. The Bertz CT molecular complexity index is 1210. The molecule has 0 aliphatic rings. The summed E-state index contributed by atoms with van der Waals surface area (Å²) in [5.74, 6) is -3.20. The van der Waals surface area contributed by atoms with Crippen molar-refractivity contribution < 1.29 is 41.4 Å². The molecular weight excluding hydrogens is 517 g/mol. The van der Waals surface area contributed by atoms with Crippen LogP contribution in [0.5, 0.6) is 5.75 Å². The molecule has 1 amide bonds. The molecule has 0 saturated heterocycles. The van der Waals surface area contributed by atoms with Crippen LogP contribution in [0.4, 0.5) is 17.6 Å². The molecule has 4 N–H and O–H groups in total. The van der Waals surface area contributed by atoms with Crippen molar-refractivity contribution in [3.63, 3.8) is 0 Å². The molecule has 30 heavy (non-hydrogen) atoms. The monoisotopic (exact) mass is 527 g/mol. The Hall–Kier alpha value is -1.98. The van der Waals surface area contributed by atoms with Gasteiger partial charge in [-0.25, -0.2) is 8.78 Å². The maximum atomic E-state index is 14.3. The van der Waals surface area contributed by atoms with E-state index in [9.17, 15) is 26.9 Å². The van der Waals surface area contributed by atoms with Crippen molar-refractivity contribution in [1.29, 1.82) is 0 Å². The highest BCUT2D eigenvalue weighted by molar-refractivity contribution is 9.10. The molecule has 13 heteroatoms. The normalized spacial score (nSPS) is 12.4. The first kappa shape index (κ1) is 22.7. The predicted molar refractivity (Wildman–Crippen MR) is 105 cm³/mol. The number of carbonyl (C=O) groups excluding carboxylic acids is 1. The number of thiophene rings is 1. The molecule has 0 unspecified atom stereocenters. The fraction of sp³-hybridized carbons (Fsp3) is 0.118. The molecule has 1 aromatic heterocycles. The fourth-order valence-corrected chi connectivity index (χ4v) is 5.48. The third kappa shape index (κ3) is 4.10. The largest absolute Gasteiger partial charge is 0.487 e. The lowest BCUT2D eigenvalue weighted by Crippen LogP contribution is -2.12. The second kappa shape index (κ2) is 7.93. The molecule has 0 radical (unpaired) electrons. The van der Waals surface area contributed by atoms with E-state index in [-0.39, 0.29) is 38.0 Å². The van der Waals surface area contributed by atoms with E-state index in [1.54, 1.807) is 0 Å². The highest BCUT2D eigenvalue weighted by atomic mass is 79.9. The van der Waals surface area contributed by atoms with Crippen molar-refractivity contribution >= 4 is 50.9 Å². The topological polar surface area (TPSA) is 110 Å². The zero-order chi connectivity index (χ0) is 22.4. The van der Waals surface area contributed by atoms with E-state index in [1.807, 2.05) is 0 Å². The quantitative estimate of drug-likeness (QED) is 0.313. The van der Waals surface area contributed by atoms with Crippen LogP contribution in [-0.4, -0.2) is 15.7 Å². The number of nitrogens with two attached hydrogens (primary N) is 1. The van der Waals surface area contributed by atoms with Gasteiger partial charge < -0.3 is 20.3 Å². The molecule has 6 nitrogen and oxygen atoms in total. The third-order valence-corrected chi connectivity index (χ3v) is 7.48. The fourth-order valence-electron chi connectivity index (χ4n) is 2.51. The van der Waals surface area contributed by atoms with E-state index < -0.39 is 35.7 Å². The SMILES string of the molecule is NC(=O)c1cc(OCc2ccc(F)c(F)c2)c2sc(C(F)(F)P(=O)(O)O)c(Br)c2c1. The van der Waals surface area contributed by atoms with Gasteiger partial charge in [0.05, 0.1) is 4.70 Å². The number of primary amides is 1. The van der Waals surface area contributed by atoms with E-state index in [2.05, 4.69) is 15.9 Å². The van der Waals surface area contributed by atoms with Gasteiger partial charge in [-0.1, -0.05) is 6.07 Å². The summed E-state index contributed by atoms with van der Waals surface area (Å²) in [6.45, 7) is -0.311. The van der Waals surface area contributed by atoms with Crippen LogP contribution in [0.2, 0.25) is 0 Å². The number of carbonyl (C=O) groups is 1. The lowest BCUT2D eigenvalue weighted by atomic mass is 10.1. The van der Waals surface area contributed by atoms with Crippen LogP contribution >= 0.6 is 34.9 Å². The lowest BCUT2D eigenvalue weighted by Gasteiger charge is -2.16. The van der Waals surface area contributed by atoms with Crippen LogP contribution in [0.1, 0.15) is 20.8 Å². The molecular formula is C17H11BrF4NO5PS. The Labute approximate surface area is 178 Å². The van der Waals surface area contributed by atoms with Crippen molar-refractivity contribution in [2.24, 2.45) is 5.73 Å². The first-order valence-electron chi connectivity index (χ1n) is 7.89. The summed E-state index contributed by atoms with van der Waals surface area (Å²) in [4.78, 5) is 28.7. The number of fused-ring (bicyclic) bond motifs is 1. The Morgan fingerprint density at radius 2 is 1.87 bits per heavy atom. The molecule has 0 fully saturated rings. The highest BCUT2D eigenvalue weighted by Gasteiger charge is 2.53. The number of rotatable bonds is 6. The Balaban J connectivity index is 2.12. The van der Waals surface area contributed by atoms with E-state index in [0.717, 1.165) is 18.2 Å². The van der Waals surface area contributed by atoms with E-state index in [4.69, 9.17) is 20.3 Å². The van der Waals surface area contributed by atoms with Crippen molar-refractivity contribution in [3.05, 3.63) is 62.4 Å². The van der Waals surface area contributed by atoms with Crippen molar-refractivity contribution in [1.82, 2.24) is 0 Å². The molecule has 0 aliphatic heterocycles. The van der Waals surface area contributed by atoms with E-state index in [0.29, 0.717) is 11.3 Å². The molecule has 160 valence electrons. The minimum absolute atomic E-state index is 0.0136. The van der Waals surface area contributed by atoms with Gasteiger partial charge in [-0.15, -0.1) is 11.3 Å². The van der Waals surface area contributed by atoms with Gasteiger partial charge in [-0.3, -0.25) is 9.36 Å². The second-order valence-electron chi connectivity index (χ2n) is 6.08. The summed E-state index contributed by atoms with van der Waals surface area (Å²) in [7, 11) is -5.85. The number of hydrogen-bond donors (Lipinski definition) is 3. The van der Waals surface area contributed by atoms with E-state index >= 15 is 0 Å². The molecule has 0 atom stereocenters. The van der Waals surface area contributed by atoms with Gasteiger partial charge in [0.15, 0.2) is 11.6 Å². The van der Waals surface area contributed by atoms with Crippen LogP contribution in [0.3, 0.4) is 0 Å². The second-order valence-corrected chi connectivity index (χ2v) is 9.55. The minimum atomic E-state index is -5.85. The first-order valence-corrected chi connectivity index (χ1v) is 11.1. The lowest BCUT2D eigenvalue weighted by molar-refractivity contribution is 0.0595.